The van der Waals surface area contributed by atoms with E-state index >= 15 is 0 Å². The quantitative estimate of drug-likeness (QED) is 0.806. The highest BCUT2D eigenvalue weighted by Gasteiger charge is 2.11. The van der Waals surface area contributed by atoms with Crippen LogP contribution >= 0.6 is 23.2 Å². The van der Waals surface area contributed by atoms with Crippen LogP contribution in [-0.2, 0) is 14.6 Å². The van der Waals surface area contributed by atoms with Crippen molar-refractivity contribution in [3.8, 4) is 0 Å². The first kappa shape index (κ1) is 19.2. The first-order valence-electron chi connectivity index (χ1n) is 7.00. The minimum Gasteiger partial charge on any atom is -0.343 e. The summed E-state index contributed by atoms with van der Waals surface area (Å²) in [5, 5.41) is 5.51. The summed E-state index contributed by atoms with van der Waals surface area (Å²) in [4.78, 5) is 24.0. The monoisotopic (exact) mass is 400 g/mol. The van der Waals surface area contributed by atoms with Gasteiger partial charge < -0.3 is 10.6 Å². The maximum absolute atomic E-state index is 12.0. The molecule has 2 N–H and O–H groups in total. The molecule has 0 saturated carbocycles. The number of carbonyl (C=O) groups is 2. The predicted octanol–water partition coefficient (Wildman–Crippen LogP) is 2.77. The van der Waals surface area contributed by atoms with Crippen LogP contribution in [0.15, 0.2) is 47.4 Å². The molecule has 0 radical (unpaired) electrons. The largest absolute Gasteiger partial charge is 0.343 e. The minimum absolute atomic E-state index is 0.0881. The zero-order chi connectivity index (χ0) is 18.6. The number of anilines is 1. The van der Waals surface area contributed by atoms with Gasteiger partial charge in [0.2, 0.25) is 5.91 Å². The Hall–Kier alpha value is -2.09. The zero-order valence-electron chi connectivity index (χ0n) is 13.0. The van der Waals surface area contributed by atoms with Crippen molar-refractivity contribution in [3.63, 3.8) is 0 Å². The highest BCUT2D eigenvalue weighted by molar-refractivity contribution is 7.90. The summed E-state index contributed by atoms with van der Waals surface area (Å²) in [6, 6.07) is 10.2. The number of carbonyl (C=O) groups excluding carboxylic acids is 2. The molecule has 0 bridgehead atoms. The lowest BCUT2D eigenvalue weighted by atomic mass is 10.2. The fourth-order valence-electron chi connectivity index (χ4n) is 1.91. The molecule has 2 amide bonds. The van der Waals surface area contributed by atoms with Gasteiger partial charge in [0.05, 0.1) is 21.5 Å². The summed E-state index contributed by atoms with van der Waals surface area (Å²) in [6.07, 6.45) is 1.07. The topological polar surface area (TPSA) is 92.3 Å². The Kier molecular flexibility index (Phi) is 6.05. The molecular formula is C16H14Cl2N2O4S. The van der Waals surface area contributed by atoms with Crippen LogP contribution in [0.2, 0.25) is 10.0 Å². The molecule has 6 nitrogen and oxygen atoms in total. The Balaban J connectivity index is 1.96. The van der Waals surface area contributed by atoms with Crippen molar-refractivity contribution in [3.05, 3.63) is 58.1 Å². The van der Waals surface area contributed by atoms with Gasteiger partial charge in [-0.05, 0) is 36.4 Å². The Labute approximate surface area is 155 Å². The first-order valence-corrected chi connectivity index (χ1v) is 9.65. The van der Waals surface area contributed by atoms with Crippen LogP contribution in [-0.4, -0.2) is 33.0 Å². The van der Waals surface area contributed by atoms with Gasteiger partial charge in [-0.1, -0.05) is 29.3 Å². The van der Waals surface area contributed by atoms with E-state index in [9.17, 15) is 18.0 Å². The van der Waals surface area contributed by atoms with E-state index in [1.165, 1.54) is 36.4 Å². The van der Waals surface area contributed by atoms with Crippen molar-refractivity contribution in [2.24, 2.45) is 0 Å². The second-order valence-electron chi connectivity index (χ2n) is 5.16. The van der Waals surface area contributed by atoms with Crippen LogP contribution in [0.5, 0.6) is 0 Å². The first-order chi connectivity index (χ1) is 11.7. The molecule has 0 heterocycles. The lowest BCUT2D eigenvalue weighted by Gasteiger charge is -2.08. The van der Waals surface area contributed by atoms with Gasteiger partial charge in [0.25, 0.3) is 5.91 Å². The van der Waals surface area contributed by atoms with Crippen LogP contribution < -0.4 is 10.6 Å². The lowest BCUT2D eigenvalue weighted by molar-refractivity contribution is -0.115. The van der Waals surface area contributed by atoms with Crippen LogP contribution in [0.1, 0.15) is 10.4 Å². The summed E-state index contributed by atoms with van der Waals surface area (Å²) in [6.45, 7) is -0.290. The Bertz CT molecular complexity index is 929. The summed E-state index contributed by atoms with van der Waals surface area (Å²) in [5.74, 6) is -0.988. The van der Waals surface area contributed by atoms with Crippen LogP contribution in [0.3, 0.4) is 0 Å². The lowest BCUT2D eigenvalue weighted by Crippen LogP contribution is -2.32. The normalized spacial score (nSPS) is 11.0. The number of benzene rings is 2. The molecule has 0 fully saturated rings. The van der Waals surface area contributed by atoms with E-state index in [0.29, 0.717) is 10.7 Å². The SMILES string of the molecule is CS(=O)(=O)c1cccc(NC(=O)CNC(=O)c2ccc(Cl)c(Cl)c2)c1. The molecule has 0 aliphatic carbocycles. The Morgan fingerprint density at radius 2 is 1.76 bits per heavy atom. The summed E-state index contributed by atoms with van der Waals surface area (Å²) < 4.78 is 23.0. The standard InChI is InChI=1S/C16H14Cl2N2O4S/c1-25(23,24)12-4-2-3-11(8-12)20-15(21)9-19-16(22)10-5-6-13(17)14(18)7-10/h2-8H,9H2,1H3,(H,19,22)(H,20,21). The molecule has 0 aromatic heterocycles. The van der Waals surface area contributed by atoms with Crippen LogP contribution in [0, 0.1) is 0 Å². The third-order valence-electron chi connectivity index (χ3n) is 3.14. The Morgan fingerprint density at radius 3 is 2.40 bits per heavy atom. The van der Waals surface area contributed by atoms with Crippen molar-refractivity contribution in [2.45, 2.75) is 4.90 Å². The highest BCUT2D eigenvalue weighted by atomic mass is 35.5. The fourth-order valence-corrected chi connectivity index (χ4v) is 2.87. The maximum atomic E-state index is 12.0. The summed E-state index contributed by atoms with van der Waals surface area (Å²) >= 11 is 11.6. The molecule has 0 aliphatic heterocycles. The van der Waals surface area contributed by atoms with Crippen molar-refractivity contribution in [1.82, 2.24) is 5.32 Å². The summed E-state index contributed by atoms with van der Waals surface area (Å²) in [7, 11) is -3.37. The van der Waals surface area contributed by atoms with Gasteiger partial charge in [0.1, 0.15) is 0 Å². The molecule has 0 atom stereocenters. The average molecular weight is 401 g/mol. The van der Waals surface area contributed by atoms with Gasteiger partial charge in [-0.25, -0.2) is 8.42 Å². The van der Waals surface area contributed by atoms with Gasteiger partial charge in [0, 0.05) is 17.5 Å². The van der Waals surface area contributed by atoms with E-state index in [2.05, 4.69) is 10.6 Å². The minimum atomic E-state index is -3.37. The van der Waals surface area contributed by atoms with Gasteiger partial charge in [-0.3, -0.25) is 9.59 Å². The smallest absolute Gasteiger partial charge is 0.251 e. The van der Waals surface area contributed by atoms with Gasteiger partial charge >= 0.3 is 0 Å². The van der Waals surface area contributed by atoms with Crippen molar-refractivity contribution in [2.75, 3.05) is 18.1 Å². The summed E-state index contributed by atoms with van der Waals surface area (Å²) in [5.41, 5.74) is 0.581. The van der Waals surface area contributed by atoms with E-state index in [0.717, 1.165) is 6.26 Å². The van der Waals surface area contributed by atoms with E-state index in [4.69, 9.17) is 23.2 Å². The number of hydrogen-bond acceptors (Lipinski definition) is 4. The fraction of sp³-hybridized carbons (Fsp3) is 0.125. The second-order valence-corrected chi connectivity index (χ2v) is 7.99. The highest BCUT2D eigenvalue weighted by Crippen LogP contribution is 2.22. The van der Waals surface area contributed by atoms with Crippen molar-refractivity contribution >= 4 is 50.5 Å². The maximum Gasteiger partial charge on any atom is 0.251 e. The Morgan fingerprint density at radius 1 is 1.04 bits per heavy atom. The predicted molar refractivity (Wildman–Crippen MR) is 97.0 cm³/mol. The number of nitrogens with one attached hydrogen (secondary N) is 2. The van der Waals surface area contributed by atoms with E-state index in [-0.39, 0.29) is 22.0 Å². The second kappa shape index (κ2) is 7.86. The number of sulfone groups is 1. The molecule has 0 saturated heterocycles. The molecular weight excluding hydrogens is 387 g/mol. The van der Waals surface area contributed by atoms with E-state index < -0.39 is 21.7 Å². The molecule has 132 valence electrons. The van der Waals surface area contributed by atoms with Gasteiger partial charge in [0.15, 0.2) is 9.84 Å². The third kappa shape index (κ3) is 5.45. The number of hydrogen-bond donors (Lipinski definition) is 2. The molecule has 9 heteroatoms. The van der Waals surface area contributed by atoms with Crippen LogP contribution in [0.25, 0.3) is 0 Å². The zero-order valence-corrected chi connectivity index (χ0v) is 15.4. The molecule has 2 rings (SSSR count). The average Bonchev–Trinajstić information content (AvgIpc) is 2.54. The number of rotatable bonds is 5. The van der Waals surface area contributed by atoms with E-state index in [1.807, 2.05) is 0 Å². The molecule has 0 aliphatic rings. The number of amides is 2. The molecule has 0 spiro atoms. The number of halogens is 2. The van der Waals surface area contributed by atoms with Gasteiger partial charge in [-0.2, -0.15) is 0 Å². The van der Waals surface area contributed by atoms with Crippen molar-refractivity contribution < 1.29 is 18.0 Å². The molecule has 25 heavy (non-hydrogen) atoms. The van der Waals surface area contributed by atoms with E-state index in [1.54, 1.807) is 6.07 Å². The van der Waals surface area contributed by atoms with Crippen LogP contribution in [0.4, 0.5) is 5.69 Å². The molecule has 0 unspecified atom stereocenters. The molecule has 2 aromatic carbocycles. The van der Waals surface area contributed by atoms with Gasteiger partial charge in [-0.15, -0.1) is 0 Å². The van der Waals surface area contributed by atoms with Crippen molar-refractivity contribution in [1.29, 1.82) is 0 Å². The molecule has 2 aromatic rings. The third-order valence-corrected chi connectivity index (χ3v) is 4.99.